The van der Waals surface area contributed by atoms with Crippen LogP contribution in [0, 0.1) is 16.0 Å². The predicted molar refractivity (Wildman–Crippen MR) is 152 cm³/mol. The Kier molecular flexibility index (Phi) is 15.4. The molecular formula is C26H42N8O7. The van der Waals surface area contributed by atoms with Crippen LogP contribution in [0.1, 0.15) is 63.6 Å². The third kappa shape index (κ3) is 12.2. The van der Waals surface area contributed by atoms with Crippen LogP contribution in [0.5, 0.6) is 0 Å². The van der Waals surface area contributed by atoms with Crippen molar-refractivity contribution in [2.24, 2.45) is 16.6 Å². The molecule has 0 radical (unpaired) electrons. The van der Waals surface area contributed by atoms with Crippen LogP contribution < -0.4 is 32.4 Å². The minimum absolute atomic E-state index is 0.114. The fourth-order valence-electron chi connectivity index (χ4n) is 4.27. The summed E-state index contributed by atoms with van der Waals surface area (Å²) in [6.45, 7) is 5.16. The van der Waals surface area contributed by atoms with E-state index in [0.29, 0.717) is 6.42 Å². The number of benzene rings is 1. The molecule has 0 aliphatic heterocycles. The van der Waals surface area contributed by atoms with E-state index in [9.17, 15) is 24.5 Å². The molecule has 2 rings (SSSR count). The normalized spacial score (nSPS) is 16.5. The minimum atomic E-state index is -0.906. The van der Waals surface area contributed by atoms with Crippen molar-refractivity contribution in [3.05, 3.63) is 45.5 Å². The molecule has 15 nitrogen and oxygen atoms in total. The number of nitrogens with two attached hydrogens (primary N) is 1. The Morgan fingerprint density at radius 2 is 1.83 bits per heavy atom. The van der Waals surface area contributed by atoms with Crippen LogP contribution in [0.4, 0.5) is 0 Å². The predicted octanol–water partition coefficient (Wildman–Crippen LogP) is -0.00930. The third-order valence-electron chi connectivity index (χ3n) is 6.53. The fourth-order valence-corrected chi connectivity index (χ4v) is 4.27. The second kappa shape index (κ2) is 18.1. The summed E-state index contributed by atoms with van der Waals surface area (Å²) in [7, 11) is 1.65. The van der Waals surface area contributed by atoms with Gasteiger partial charge in [0, 0.05) is 6.54 Å². The van der Waals surface area contributed by atoms with E-state index in [1.54, 1.807) is 19.4 Å². The van der Waals surface area contributed by atoms with Gasteiger partial charge in [0.05, 0.1) is 12.1 Å². The van der Waals surface area contributed by atoms with Gasteiger partial charge in [-0.15, -0.1) is 0 Å². The zero-order valence-electron chi connectivity index (χ0n) is 23.9. The summed E-state index contributed by atoms with van der Waals surface area (Å²) in [5.74, 6) is -1.73. The van der Waals surface area contributed by atoms with Crippen LogP contribution in [-0.2, 0) is 25.6 Å². The number of rotatable bonds is 13. The van der Waals surface area contributed by atoms with Crippen LogP contribution in [-0.4, -0.2) is 72.0 Å². The van der Waals surface area contributed by atoms with E-state index in [1.165, 1.54) is 5.56 Å². The zero-order valence-corrected chi connectivity index (χ0v) is 23.9. The summed E-state index contributed by atoms with van der Waals surface area (Å²) >= 11 is 0. The summed E-state index contributed by atoms with van der Waals surface area (Å²) in [5, 5.41) is 28.0. The van der Waals surface area contributed by atoms with Gasteiger partial charge in [-0.3, -0.25) is 19.2 Å². The standard InChI is InChI=1S/C25H40N8O5.CH2O2/c1-15(2)21(31-22(34)16(3)27-4)24(36)30-20(13-8-14-28-25(26)32-33(37)38)23(35)29-19-12-7-10-17-9-5-6-11-18(17)19;2-1-3/h5-6,9,11,15-16,19-21,27H,7-8,10,12-14H2,1-4H3,(H,29,35)(H,30,36)(H,31,34)(H3,26,28,32);1H,(H,2,3)/t16-,19?,20-,21-;/m0./s1. The topological polar surface area (TPSA) is 230 Å². The number of aryl methyl sites for hydroxylation is 1. The summed E-state index contributed by atoms with van der Waals surface area (Å²) in [5.41, 5.74) is 9.48. The average molecular weight is 579 g/mol. The maximum atomic E-state index is 13.4. The van der Waals surface area contributed by atoms with Crippen molar-refractivity contribution >= 4 is 30.2 Å². The van der Waals surface area contributed by atoms with Crippen LogP contribution in [0.25, 0.3) is 0 Å². The van der Waals surface area contributed by atoms with E-state index >= 15 is 0 Å². The van der Waals surface area contributed by atoms with Crippen molar-refractivity contribution in [2.45, 2.75) is 77.0 Å². The maximum absolute atomic E-state index is 13.4. The zero-order chi connectivity index (χ0) is 30.9. The second-order valence-electron chi connectivity index (χ2n) is 9.84. The van der Waals surface area contributed by atoms with Crippen molar-refractivity contribution < 1.29 is 29.3 Å². The molecule has 1 aromatic rings. The Hall–Kier alpha value is -4.27. The number of carboxylic acid groups (broad SMARTS) is 1. The number of nitrogens with one attached hydrogen (secondary N) is 5. The highest BCUT2D eigenvalue weighted by atomic mass is 16.7. The lowest BCUT2D eigenvalue weighted by atomic mass is 9.87. The Morgan fingerprint density at radius 3 is 2.44 bits per heavy atom. The molecule has 15 heteroatoms. The van der Waals surface area contributed by atoms with Gasteiger partial charge in [0.15, 0.2) is 5.03 Å². The largest absolute Gasteiger partial charge is 0.483 e. The number of carbonyl (C=O) groups excluding carboxylic acids is 3. The number of amides is 3. The van der Waals surface area contributed by atoms with Gasteiger partial charge in [-0.05, 0) is 63.1 Å². The molecule has 1 aliphatic carbocycles. The number of aliphatic imine (C=N–C) groups is 1. The van der Waals surface area contributed by atoms with Gasteiger partial charge in [0.1, 0.15) is 12.1 Å². The van der Waals surface area contributed by atoms with Gasteiger partial charge in [0.25, 0.3) is 12.4 Å². The second-order valence-corrected chi connectivity index (χ2v) is 9.84. The third-order valence-corrected chi connectivity index (χ3v) is 6.53. The smallest absolute Gasteiger partial charge is 0.290 e. The number of hydrazine groups is 1. The van der Waals surface area contributed by atoms with E-state index in [2.05, 4.69) is 32.3 Å². The van der Waals surface area contributed by atoms with E-state index in [-0.39, 0.29) is 49.2 Å². The lowest BCUT2D eigenvalue weighted by molar-refractivity contribution is -0.525. The van der Waals surface area contributed by atoms with Crippen LogP contribution in [0.15, 0.2) is 29.3 Å². The summed E-state index contributed by atoms with van der Waals surface area (Å²) in [6, 6.07) is 5.54. The van der Waals surface area contributed by atoms with E-state index in [0.717, 1.165) is 24.8 Å². The highest BCUT2D eigenvalue weighted by Crippen LogP contribution is 2.29. The lowest BCUT2D eigenvalue weighted by Crippen LogP contribution is -2.57. The molecule has 0 saturated carbocycles. The Bertz CT molecular complexity index is 1070. The molecule has 0 heterocycles. The molecular weight excluding hydrogens is 536 g/mol. The number of hydrogen-bond acceptors (Lipinski definition) is 8. The first-order valence-corrected chi connectivity index (χ1v) is 13.4. The van der Waals surface area contributed by atoms with Gasteiger partial charge in [-0.1, -0.05) is 43.5 Å². The molecule has 1 aromatic carbocycles. The molecule has 0 fully saturated rings. The molecule has 4 atom stereocenters. The SMILES string of the molecule is CN[C@@H](C)C(=O)N[C@H](C(=O)N[C@@H](CCCN=C(N)N[N+](=O)[O-])C(=O)NC1CCCc2ccccc21)C(C)C.O=CO. The molecule has 1 unspecified atom stereocenters. The van der Waals surface area contributed by atoms with Gasteiger partial charge in [-0.2, -0.15) is 0 Å². The Morgan fingerprint density at radius 1 is 1.17 bits per heavy atom. The van der Waals surface area contributed by atoms with Crippen molar-refractivity contribution in [3.8, 4) is 0 Å². The number of fused-ring (bicyclic) bond motifs is 1. The van der Waals surface area contributed by atoms with E-state index in [1.807, 2.05) is 32.0 Å². The van der Waals surface area contributed by atoms with Gasteiger partial charge >= 0.3 is 0 Å². The van der Waals surface area contributed by atoms with Crippen LogP contribution in [0.3, 0.4) is 0 Å². The van der Waals surface area contributed by atoms with Crippen molar-refractivity contribution in [1.29, 1.82) is 0 Å². The first-order valence-electron chi connectivity index (χ1n) is 13.4. The summed E-state index contributed by atoms with van der Waals surface area (Å²) in [6.07, 6.45) is 3.20. The molecule has 0 aromatic heterocycles. The number of nitro groups is 1. The first-order chi connectivity index (χ1) is 19.4. The maximum Gasteiger partial charge on any atom is 0.290 e. The van der Waals surface area contributed by atoms with E-state index < -0.39 is 29.1 Å². The van der Waals surface area contributed by atoms with Crippen molar-refractivity contribution in [1.82, 2.24) is 26.7 Å². The number of carbonyl (C=O) groups is 4. The average Bonchev–Trinajstić information content (AvgIpc) is 2.92. The molecule has 228 valence electrons. The molecule has 0 saturated heterocycles. The van der Waals surface area contributed by atoms with Crippen LogP contribution in [0.2, 0.25) is 0 Å². The molecule has 41 heavy (non-hydrogen) atoms. The first kappa shape index (κ1) is 34.8. The van der Waals surface area contributed by atoms with Gasteiger partial charge in [-0.25, -0.2) is 15.1 Å². The quantitative estimate of drug-likeness (QED) is 0.0413. The molecule has 0 spiro atoms. The van der Waals surface area contributed by atoms with Gasteiger partial charge in [0.2, 0.25) is 17.7 Å². The fraction of sp³-hybridized carbons (Fsp3) is 0.577. The number of hydrogen-bond donors (Lipinski definition) is 7. The van der Waals surface area contributed by atoms with Crippen molar-refractivity contribution in [2.75, 3.05) is 13.6 Å². The molecule has 1 aliphatic rings. The number of guanidine groups is 1. The lowest BCUT2D eigenvalue weighted by Gasteiger charge is -2.30. The van der Waals surface area contributed by atoms with Crippen molar-refractivity contribution in [3.63, 3.8) is 0 Å². The Labute approximate surface area is 239 Å². The van der Waals surface area contributed by atoms with E-state index in [4.69, 9.17) is 15.6 Å². The highest BCUT2D eigenvalue weighted by molar-refractivity contribution is 5.93. The number of nitrogens with zero attached hydrogens (tertiary/aromatic N) is 2. The van der Waals surface area contributed by atoms with Crippen LogP contribution >= 0.6 is 0 Å². The van der Waals surface area contributed by atoms with Gasteiger partial charge < -0.3 is 32.1 Å². The minimum Gasteiger partial charge on any atom is -0.483 e. The molecule has 3 amide bonds. The molecule has 8 N–H and O–H groups in total. The monoisotopic (exact) mass is 578 g/mol. The number of likely N-dealkylation sites (N-methyl/N-ethyl adjacent to an activating group) is 1. The summed E-state index contributed by atoms with van der Waals surface area (Å²) in [4.78, 5) is 61.8. The summed E-state index contributed by atoms with van der Waals surface area (Å²) < 4.78 is 0. The molecule has 0 bridgehead atoms. The highest BCUT2D eigenvalue weighted by Gasteiger charge is 2.31. The Balaban J connectivity index is 0.00000268.